The van der Waals surface area contributed by atoms with Crippen molar-refractivity contribution in [3.63, 3.8) is 0 Å². The Labute approximate surface area is 195 Å². The van der Waals surface area contributed by atoms with Gasteiger partial charge < -0.3 is 15.1 Å². The second kappa shape index (κ2) is 10.6. The van der Waals surface area contributed by atoms with Crippen molar-refractivity contribution in [1.29, 1.82) is 5.26 Å². The molecule has 0 radical (unpaired) electrons. The van der Waals surface area contributed by atoms with Gasteiger partial charge in [-0.25, -0.2) is 0 Å². The summed E-state index contributed by atoms with van der Waals surface area (Å²) in [7, 11) is 4.29. The monoisotopic (exact) mass is 444 g/mol. The van der Waals surface area contributed by atoms with Gasteiger partial charge in [-0.05, 0) is 50.8 Å². The molecule has 1 aromatic heterocycles. The van der Waals surface area contributed by atoms with Crippen molar-refractivity contribution in [2.75, 3.05) is 40.3 Å². The molecule has 0 saturated carbocycles. The summed E-state index contributed by atoms with van der Waals surface area (Å²) in [5, 5.41) is 18.9. The summed E-state index contributed by atoms with van der Waals surface area (Å²) < 4.78 is 1.71. The minimum absolute atomic E-state index is 0.121. The fourth-order valence-corrected chi connectivity index (χ4v) is 4.58. The van der Waals surface area contributed by atoms with Gasteiger partial charge in [0, 0.05) is 30.9 Å². The van der Waals surface area contributed by atoms with Crippen LogP contribution in [0.4, 0.5) is 0 Å². The number of hydrogen-bond donors (Lipinski definition) is 1. The summed E-state index contributed by atoms with van der Waals surface area (Å²) in [6, 6.07) is 17.0. The highest BCUT2D eigenvalue weighted by Gasteiger charge is 2.22. The number of nitrogens with zero attached hydrogens (tertiary/aromatic N) is 5. The second-order valence-corrected chi connectivity index (χ2v) is 8.88. The molecule has 0 unspecified atom stereocenters. The van der Waals surface area contributed by atoms with Crippen molar-refractivity contribution in [3.05, 3.63) is 54.2 Å². The van der Waals surface area contributed by atoms with E-state index in [0.29, 0.717) is 36.8 Å². The van der Waals surface area contributed by atoms with E-state index in [9.17, 15) is 4.79 Å². The Morgan fingerprint density at radius 3 is 2.67 bits per heavy atom. The van der Waals surface area contributed by atoms with Crippen molar-refractivity contribution in [3.8, 4) is 17.3 Å². The Balaban J connectivity index is 1.49. The molecular formula is C26H32N6O. The Bertz CT molecular complexity index is 1130. The molecule has 1 saturated heterocycles. The maximum atomic E-state index is 13.2. The number of fused-ring (bicyclic) bond motifs is 1. The summed E-state index contributed by atoms with van der Waals surface area (Å²) in [6.45, 7) is 4.03. The smallest absolute Gasteiger partial charge is 0.255 e. The average Bonchev–Trinajstić information content (AvgIpc) is 3.27. The molecule has 0 atom stereocenters. The van der Waals surface area contributed by atoms with E-state index < -0.39 is 0 Å². The van der Waals surface area contributed by atoms with E-state index in [0.717, 1.165) is 48.8 Å². The van der Waals surface area contributed by atoms with Crippen molar-refractivity contribution in [1.82, 2.24) is 24.9 Å². The van der Waals surface area contributed by atoms with Gasteiger partial charge >= 0.3 is 0 Å². The molecule has 0 bridgehead atoms. The van der Waals surface area contributed by atoms with Gasteiger partial charge in [-0.15, -0.1) is 0 Å². The SMILES string of the molecule is CN(C)C1CCN(CCNC(=O)c2cn(CCC#N)nc2-c2cccc3ccccc23)CC1. The van der Waals surface area contributed by atoms with Gasteiger partial charge in [-0.1, -0.05) is 42.5 Å². The third-order valence-electron chi connectivity index (χ3n) is 6.50. The predicted octanol–water partition coefficient (Wildman–Crippen LogP) is 3.37. The van der Waals surface area contributed by atoms with E-state index in [4.69, 9.17) is 10.4 Å². The number of piperidine rings is 1. The fraction of sp³-hybridized carbons (Fsp3) is 0.423. The largest absolute Gasteiger partial charge is 0.351 e. The summed E-state index contributed by atoms with van der Waals surface area (Å²) in [5.41, 5.74) is 2.14. The number of aryl methyl sites for hydroxylation is 1. The molecule has 4 rings (SSSR count). The van der Waals surface area contributed by atoms with Gasteiger partial charge in [0.25, 0.3) is 5.91 Å². The molecule has 1 fully saturated rings. The third-order valence-corrected chi connectivity index (χ3v) is 6.50. The van der Waals surface area contributed by atoms with Crippen LogP contribution in [0.3, 0.4) is 0 Å². The van der Waals surface area contributed by atoms with E-state index >= 15 is 0 Å². The fourth-order valence-electron chi connectivity index (χ4n) is 4.58. The number of aromatic nitrogens is 2. The second-order valence-electron chi connectivity index (χ2n) is 8.88. The van der Waals surface area contributed by atoms with Crippen molar-refractivity contribution in [2.24, 2.45) is 0 Å². The topological polar surface area (TPSA) is 77.2 Å². The molecule has 1 aliphatic rings. The van der Waals surface area contributed by atoms with Gasteiger partial charge in [0.2, 0.25) is 0 Å². The molecule has 1 aliphatic heterocycles. The first kappa shape index (κ1) is 23.0. The molecule has 2 aromatic carbocycles. The lowest BCUT2D eigenvalue weighted by Gasteiger charge is -2.35. The highest BCUT2D eigenvalue weighted by Crippen LogP contribution is 2.30. The van der Waals surface area contributed by atoms with E-state index in [1.807, 2.05) is 24.3 Å². The first-order valence-electron chi connectivity index (χ1n) is 11.7. The zero-order chi connectivity index (χ0) is 23.2. The first-order valence-corrected chi connectivity index (χ1v) is 11.7. The number of carbonyl (C=O) groups excluding carboxylic acids is 1. The van der Waals surface area contributed by atoms with Crippen LogP contribution in [0, 0.1) is 11.3 Å². The number of rotatable bonds is 8. The standard InChI is InChI=1S/C26H32N6O/c1-30(2)21-11-16-31(17-12-21)18-14-28-26(33)24-19-32(15-6-13-27)29-25(24)23-10-5-8-20-7-3-4-9-22(20)23/h3-5,7-10,19,21H,6,11-12,14-18H2,1-2H3,(H,28,33). The van der Waals surface area contributed by atoms with Gasteiger partial charge in [0.05, 0.1) is 24.6 Å². The minimum Gasteiger partial charge on any atom is -0.351 e. The van der Waals surface area contributed by atoms with Crippen LogP contribution in [0.1, 0.15) is 29.6 Å². The van der Waals surface area contributed by atoms with Gasteiger partial charge in [0.1, 0.15) is 5.69 Å². The number of hydrogen-bond acceptors (Lipinski definition) is 5. The zero-order valence-corrected chi connectivity index (χ0v) is 19.5. The van der Waals surface area contributed by atoms with E-state index in [1.54, 1.807) is 10.9 Å². The molecule has 172 valence electrons. The molecule has 2 heterocycles. The average molecular weight is 445 g/mol. The quantitative estimate of drug-likeness (QED) is 0.576. The van der Waals surface area contributed by atoms with Crippen LogP contribution in [-0.2, 0) is 6.54 Å². The van der Waals surface area contributed by atoms with E-state index in [-0.39, 0.29) is 5.91 Å². The van der Waals surface area contributed by atoms with Gasteiger partial charge in [-0.2, -0.15) is 10.4 Å². The normalized spacial score (nSPS) is 15.1. The van der Waals surface area contributed by atoms with Crippen LogP contribution in [0.15, 0.2) is 48.7 Å². The maximum absolute atomic E-state index is 13.2. The molecule has 33 heavy (non-hydrogen) atoms. The molecule has 7 heteroatoms. The molecule has 0 aliphatic carbocycles. The zero-order valence-electron chi connectivity index (χ0n) is 19.5. The molecular weight excluding hydrogens is 412 g/mol. The first-order chi connectivity index (χ1) is 16.1. The van der Waals surface area contributed by atoms with Crippen LogP contribution in [0.2, 0.25) is 0 Å². The Morgan fingerprint density at radius 2 is 1.91 bits per heavy atom. The summed E-state index contributed by atoms with van der Waals surface area (Å²) >= 11 is 0. The predicted molar refractivity (Wildman–Crippen MR) is 131 cm³/mol. The van der Waals surface area contributed by atoms with E-state index in [2.05, 4.69) is 53.5 Å². The minimum atomic E-state index is -0.121. The Morgan fingerprint density at radius 1 is 1.15 bits per heavy atom. The van der Waals surface area contributed by atoms with E-state index in [1.165, 1.54) is 0 Å². The van der Waals surface area contributed by atoms with Gasteiger partial charge in [0.15, 0.2) is 0 Å². The Kier molecular flexibility index (Phi) is 7.38. The number of benzene rings is 2. The molecule has 1 N–H and O–H groups in total. The lowest BCUT2D eigenvalue weighted by Crippen LogP contribution is -2.44. The highest BCUT2D eigenvalue weighted by atomic mass is 16.1. The molecule has 1 amide bonds. The maximum Gasteiger partial charge on any atom is 0.255 e. The van der Waals surface area contributed by atoms with Gasteiger partial charge in [-0.3, -0.25) is 9.48 Å². The van der Waals surface area contributed by atoms with Crippen molar-refractivity contribution >= 4 is 16.7 Å². The molecule has 3 aromatic rings. The number of nitrogens with one attached hydrogen (secondary N) is 1. The van der Waals surface area contributed by atoms with Crippen LogP contribution in [0.25, 0.3) is 22.0 Å². The number of likely N-dealkylation sites (tertiary alicyclic amines) is 1. The van der Waals surface area contributed by atoms with Crippen LogP contribution in [-0.4, -0.2) is 71.8 Å². The summed E-state index contributed by atoms with van der Waals surface area (Å²) in [6.07, 6.45) is 4.45. The van der Waals surface area contributed by atoms with Crippen molar-refractivity contribution in [2.45, 2.75) is 31.8 Å². The lowest BCUT2D eigenvalue weighted by atomic mass is 10.00. The van der Waals surface area contributed by atoms with Crippen LogP contribution in [0.5, 0.6) is 0 Å². The Hall–Kier alpha value is -3.21. The summed E-state index contributed by atoms with van der Waals surface area (Å²) in [5.74, 6) is -0.121. The third kappa shape index (κ3) is 5.41. The number of amides is 1. The highest BCUT2D eigenvalue weighted by molar-refractivity contribution is 6.04. The van der Waals surface area contributed by atoms with Crippen molar-refractivity contribution < 1.29 is 4.79 Å². The number of nitriles is 1. The molecule has 0 spiro atoms. The van der Waals surface area contributed by atoms with Crippen LogP contribution >= 0.6 is 0 Å². The van der Waals surface area contributed by atoms with Crippen LogP contribution < -0.4 is 5.32 Å². The number of carbonyl (C=O) groups is 1. The summed E-state index contributed by atoms with van der Waals surface area (Å²) in [4.78, 5) is 17.9. The lowest BCUT2D eigenvalue weighted by molar-refractivity contribution is 0.0941. The molecule has 7 nitrogen and oxygen atoms in total.